The van der Waals surface area contributed by atoms with Crippen LogP contribution in [0.5, 0.6) is 0 Å². The zero-order valence-corrected chi connectivity index (χ0v) is 18.1. The molecule has 1 aromatic carbocycles. The number of carbonyl (C=O) groups is 3. The molecule has 0 unspecified atom stereocenters. The van der Waals surface area contributed by atoms with E-state index in [2.05, 4.69) is 20.5 Å². The molecular weight excluding hydrogens is 412 g/mol. The van der Waals surface area contributed by atoms with Gasteiger partial charge in [0.25, 0.3) is 0 Å². The van der Waals surface area contributed by atoms with E-state index in [0.29, 0.717) is 22.3 Å². The highest BCUT2D eigenvalue weighted by Crippen LogP contribution is 2.38. The summed E-state index contributed by atoms with van der Waals surface area (Å²) in [6.07, 6.45) is 2.89. The largest absolute Gasteiger partial charge is 0.326 e. The minimum Gasteiger partial charge on any atom is -0.326 e. The third-order valence-electron chi connectivity index (χ3n) is 5.17. The van der Waals surface area contributed by atoms with Crippen molar-refractivity contribution in [1.82, 2.24) is 15.2 Å². The van der Waals surface area contributed by atoms with Crippen molar-refractivity contribution >= 4 is 34.5 Å². The minimum absolute atomic E-state index is 0.0216. The van der Waals surface area contributed by atoms with Crippen molar-refractivity contribution in [1.29, 1.82) is 0 Å². The average molecular weight is 437 g/mol. The summed E-state index contributed by atoms with van der Waals surface area (Å²) in [4.78, 5) is 42.6. The molecule has 7 nitrogen and oxygen atoms in total. The topological polar surface area (TPSA) is 105 Å². The predicted octanol–water partition coefficient (Wildman–Crippen LogP) is 4.67. The molecule has 1 aliphatic carbocycles. The summed E-state index contributed by atoms with van der Waals surface area (Å²) in [5.41, 5.74) is 1.53. The lowest BCUT2D eigenvalue weighted by atomic mass is 10.1. The van der Waals surface area contributed by atoms with Gasteiger partial charge in [-0.25, -0.2) is 4.98 Å². The fourth-order valence-corrected chi connectivity index (χ4v) is 4.04. The minimum atomic E-state index is -0.227. The highest BCUT2D eigenvalue weighted by atomic mass is 32.1. The maximum atomic E-state index is 12.2. The summed E-state index contributed by atoms with van der Waals surface area (Å²) in [5.74, 6) is 1.77. The molecule has 0 aliphatic heterocycles. The lowest BCUT2D eigenvalue weighted by molar-refractivity contribution is -0.122. The second-order valence-corrected chi connectivity index (χ2v) is 9.10. The van der Waals surface area contributed by atoms with Crippen LogP contribution >= 0.6 is 11.3 Å². The van der Waals surface area contributed by atoms with Crippen molar-refractivity contribution in [2.45, 2.75) is 51.4 Å². The molecule has 0 radical (unpaired) electrons. The molecule has 2 N–H and O–H groups in total. The van der Waals surface area contributed by atoms with E-state index >= 15 is 0 Å². The number of nitrogens with zero attached hydrogens (tertiary/aromatic N) is 2. The molecule has 1 fully saturated rings. The molecule has 1 amide bonds. The number of hydrogen-bond donors (Lipinski definition) is 2. The smallest absolute Gasteiger partial charge is 0.224 e. The van der Waals surface area contributed by atoms with Crippen molar-refractivity contribution in [3.63, 3.8) is 0 Å². The van der Waals surface area contributed by atoms with Gasteiger partial charge in [-0.15, -0.1) is 11.3 Å². The predicted molar refractivity (Wildman–Crippen MR) is 119 cm³/mol. The van der Waals surface area contributed by atoms with Gasteiger partial charge in [-0.3, -0.25) is 19.5 Å². The zero-order valence-electron chi connectivity index (χ0n) is 17.3. The van der Waals surface area contributed by atoms with Crippen LogP contribution in [0.25, 0.3) is 11.4 Å². The number of aryl methyl sites for hydroxylation is 1. The Balaban J connectivity index is 1.20. The SMILES string of the molecule is Cc1ccc(C(=O)CCC(=O)CCC(=O)Nc2ccc(-c3n[nH]c(C4CC4)n3)cc2)s1. The molecule has 31 heavy (non-hydrogen) atoms. The van der Waals surface area contributed by atoms with E-state index in [4.69, 9.17) is 0 Å². The van der Waals surface area contributed by atoms with E-state index < -0.39 is 0 Å². The first-order chi connectivity index (χ1) is 15.0. The number of ketones is 2. The number of hydrogen-bond acceptors (Lipinski definition) is 6. The average Bonchev–Trinajstić information content (AvgIpc) is 3.33. The number of aromatic amines is 1. The van der Waals surface area contributed by atoms with Gasteiger partial charge in [-0.2, -0.15) is 5.10 Å². The quantitative estimate of drug-likeness (QED) is 0.449. The van der Waals surface area contributed by atoms with Crippen molar-refractivity contribution in [2.75, 3.05) is 5.32 Å². The summed E-state index contributed by atoms with van der Waals surface area (Å²) in [6.45, 7) is 1.94. The summed E-state index contributed by atoms with van der Waals surface area (Å²) >= 11 is 1.44. The first kappa shape index (κ1) is 21.1. The Bertz CT molecular complexity index is 1100. The number of nitrogens with one attached hydrogen (secondary N) is 2. The number of H-pyrrole nitrogens is 1. The van der Waals surface area contributed by atoms with Crippen molar-refractivity contribution in [3.05, 3.63) is 52.0 Å². The van der Waals surface area contributed by atoms with Gasteiger partial charge in [0.05, 0.1) is 4.88 Å². The van der Waals surface area contributed by atoms with Gasteiger partial charge in [0.1, 0.15) is 11.6 Å². The van der Waals surface area contributed by atoms with Crippen LogP contribution in [0.15, 0.2) is 36.4 Å². The number of thiophene rings is 1. The van der Waals surface area contributed by atoms with Crippen LogP contribution < -0.4 is 5.32 Å². The lowest BCUT2D eigenvalue weighted by Gasteiger charge is -2.05. The molecule has 0 spiro atoms. The van der Waals surface area contributed by atoms with Crippen molar-refractivity contribution < 1.29 is 14.4 Å². The van der Waals surface area contributed by atoms with Crippen LogP contribution in [-0.2, 0) is 9.59 Å². The van der Waals surface area contributed by atoms with Gasteiger partial charge < -0.3 is 5.32 Å². The van der Waals surface area contributed by atoms with Crippen molar-refractivity contribution in [3.8, 4) is 11.4 Å². The number of rotatable bonds is 10. The molecule has 1 saturated carbocycles. The van der Waals surface area contributed by atoms with E-state index in [1.807, 2.05) is 25.1 Å². The number of benzene rings is 1. The highest BCUT2D eigenvalue weighted by molar-refractivity contribution is 7.14. The molecule has 0 saturated heterocycles. The van der Waals surface area contributed by atoms with Crippen LogP contribution in [0.1, 0.15) is 64.8 Å². The fraction of sp³-hybridized carbons (Fsp3) is 0.348. The van der Waals surface area contributed by atoms with E-state index in [1.54, 1.807) is 18.2 Å². The maximum absolute atomic E-state index is 12.2. The van der Waals surface area contributed by atoms with Crippen LogP contribution in [-0.4, -0.2) is 32.7 Å². The first-order valence-electron chi connectivity index (χ1n) is 10.4. The lowest BCUT2D eigenvalue weighted by Crippen LogP contribution is -2.13. The Hall–Kier alpha value is -3.13. The number of anilines is 1. The van der Waals surface area contributed by atoms with Gasteiger partial charge in [-0.05, 0) is 56.2 Å². The Morgan fingerprint density at radius 3 is 2.45 bits per heavy atom. The standard InChI is InChI=1S/C23H24N4O3S/c1-14-2-12-20(31-14)19(29)11-9-18(28)10-13-21(30)24-17-7-5-16(6-8-17)23-25-22(26-27-23)15-3-4-15/h2,5-8,12,15H,3-4,9-11,13H2,1H3,(H,24,30)(H,25,26,27). The van der Waals surface area contributed by atoms with Crippen LogP contribution in [0.4, 0.5) is 5.69 Å². The molecule has 1 aliphatic rings. The molecule has 0 atom stereocenters. The summed E-state index contributed by atoms with van der Waals surface area (Å²) < 4.78 is 0. The van der Waals surface area contributed by atoms with E-state index in [-0.39, 0.29) is 43.2 Å². The molecule has 160 valence electrons. The van der Waals surface area contributed by atoms with Crippen LogP contribution in [0, 0.1) is 6.92 Å². The van der Waals surface area contributed by atoms with Gasteiger partial charge >= 0.3 is 0 Å². The summed E-state index contributed by atoms with van der Waals surface area (Å²) in [7, 11) is 0. The van der Waals surface area contributed by atoms with E-state index in [9.17, 15) is 14.4 Å². The van der Waals surface area contributed by atoms with Gasteiger partial charge in [0.15, 0.2) is 11.6 Å². The third-order valence-corrected chi connectivity index (χ3v) is 6.21. The van der Waals surface area contributed by atoms with Gasteiger partial charge in [0.2, 0.25) is 5.91 Å². The van der Waals surface area contributed by atoms with Gasteiger partial charge in [-0.1, -0.05) is 0 Å². The number of carbonyl (C=O) groups excluding carboxylic acids is 3. The maximum Gasteiger partial charge on any atom is 0.224 e. The zero-order chi connectivity index (χ0) is 21.8. The molecule has 2 aromatic heterocycles. The Morgan fingerprint density at radius 2 is 1.77 bits per heavy atom. The number of aromatic nitrogens is 3. The van der Waals surface area contributed by atoms with Crippen LogP contribution in [0.2, 0.25) is 0 Å². The second kappa shape index (κ2) is 9.34. The molecule has 3 aromatic rings. The molecule has 2 heterocycles. The molecular formula is C23H24N4O3S. The fourth-order valence-electron chi connectivity index (χ4n) is 3.21. The van der Waals surface area contributed by atoms with E-state index in [0.717, 1.165) is 29.1 Å². The van der Waals surface area contributed by atoms with Crippen LogP contribution in [0.3, 0.4) is 0 Å². The number of amides is 1. The second-order valence-electron chi connectivity index (χ2n) is 7.82. The Kier molecular flexibility index (Phi) is 6.36. The van der Waals surface area contributed by atoms with Gasteiger partial charge in [0, 0.05) is 47.7 Å². The molecule has 8 heteroatoms. The van der Waals surface area contributed by atoms with E-state index in [1.165, 1.54) is 11.3 Å². The summed E-state index contributed by atoms with van der Waals surface area (Å²) in [5, 5.41) is 10.0. The Morgan fingerprint density at radius 1 is 1.03 bits per heavy atom. The third kappa shape index (κ3) is 5.73. The monoisotopic (exact) mass is 436 g/mol. The molecule has 0 bridgehead atoms. The van der Waals surface area contributed by atoms with Crippen molar-refractivity contribution in [2.24, 2.45) is 0 Å². The Labute approximate surface area is 184 Å². The molecule has 4 rings (SSSR count). The summed E-state index contributed by atoms with van der Waals surface area (Å²) in [6, 6.07) is 11.0. The highest BCUT2D eigenvalue weighted by Gasteiger charge is 2.27. The first-order valence-corrected chi connectivity index (χ1v) is 11.2. The normalized spacial score (nSPS) is 13.2. The number of Topliss-reactive ketones (excluding diaryl/α,β-unsaturated/α-hetero) is 2.